The van der Waals surface area contributed by atoms with E-state index < -0.39 is 0 Å². The lowest BCUT2D eigenvalue weighted by Gasteiger charge is -2.40. The molecule has 2 aliphatic rings. The lowest BCUT2D eigenvalue weighted by molar-refractivity contribution is 0.0745. The molecule has 24 heavy (non-hydrogen) atoms. The molecule has 1 atom stereocenters. The second kappa shape index (κ2) is 6.45. The van der Waals surface area contributed by atoms with E-state index in [-0.39, 0.29) is 0 Å². The summed E-state index contributed by atoms with van der Waals surface area (Å²) in [5.41, 5.74) is 1.08. The Morgan fingerprint density at radius 1 is 1.12 bits per heavy atom. The van der Waals surface area contributed by atoms with Gasteiger partial charge in [-0.15, -0.1) is 0 Å². The molecule has 8 heteroatoms. The standard InChI is InChI=1S/C16H22N6O2/c1-11-17-13(9-16(18-11)21-5-7-23-8-6-21)14-3-4-22(14)10-15-19-12(2)24-20-15/h9,14H,3-8,10H2,1-2H3. The summed E-state index contributed by atoms with van der Waals surface area (Å²) in [5.74, 6) is 3.16. The Hall–Kier alpha value is -2.06. The summed E-state index contributed by atoms with van der Waals surface area (Å²) in [4.78, 5) is 18.2. The number of anilines is 1. The minimum absolute atomic E-state index is 0.297. The second-order valence-electron chi connectivity index (χ2n) is 6.30. The molecule has 0 N–H and O–H groups in total. The number of aryl methyl sites for hydroxylation is 2. The van der Waals surface area contributed by atoms with E-state index >= 15 is 0 Å². The summed E-state index contributed by atoms with van der Waals surface area (Å²) in [7, 11) is 0. The fourth-order valence-electron chi connectivity index (χ4n) is 3.25. The topological polar surface area (TPSA) is 80.4 Å². The summed E-state index contributed by atoms with van der Waals surface area (Å²) in [6.45, 7) is 8.76. The van der Waals surface area contributed by atoms with Gasteiger partial charge >= 0.3 is 0 Å². The molecule has 0 saturated carbocycles. The van der Waals surface area contributed by atoms with E-state index in [4.69, 9.17) is 9.26 Å². The van der Waals surface area contributed by atoms with Crippen LogP contribution in [0.5, 0.6) is 0 Å². The number of morpholine rings is 1. The number of ether oxygens (including phenoxy) is 1. The van der Waals surface area contributed by atoms with Crippen LogP contribution in [0.1, 0.15) is 35.7 Å². The van der Waals surface area contributed by atoms with Crippen molar-refractivity contribution < 1.29 is 9.26 Å². The van der Waals surface area contributed by atoms with Crippen molar-refractivity contribution in [2.75, 3.05) is 37.7 Å². The van der Waals surface area contributed by atoms with Gasteiger partial charge < -0.3 is 14.2 Å². The van der Waals surface area contributed by atoms with Gasteiger partial charge in [-0.05, 0) is 13.3 Å². The fraction of sp³-hybridized carbons (Fsp3) is 0.625. The van der Waals surface area contributed by atoms with Crippen LogP contribution >= 0.6 is 0 Å². The zero-order valence-electron chi connectivity index (χ0n) is 14.1. The fourth-order valence-corrected chi connectivity index (χ4v) is 3.25. The maximum absolute atomic E-state index is 5.43. The van der Waals surface area contributed by atoms with Gasteiger partial charge in [0.1, 0.15) is 11.6 Å². The first-order chi connectivity index (χ1) is 11.7. The first-order valence-corrected chi connectivity index (χ1v) is 8.40. The largest absolute Gasteiger partial charge is 0.378 e. The summed E-state index contributed by atoms with van der Waals surface area (Å²) < 4.78 is 10.5. The first kappa shape index (κ1) is 15.5. The van der Waals surface area contributed by atoms with Gasteiger partial charge in [0, 0.05) is 32.6 Å². The molecule has 2 saturated heterocycles. The van der Waals surface area contributed by atoms with Crippen LogP contribution in [0.25, 0.3) is 0 Å². The number of hydrogen-bond donors (Lipinski definition) is 0. The Morgan fingerprint density at radius 3 is 2.62 bits per heavy atom. The first-order valence-electron chi connectivity index (χ1n) is 8.40. The molecule has 0 aliphatic carbocycles. The highest BCUT2D eigenvalue weighted by molar-refractivity contribution is 5.41. The molecule has 2 aromatic heterocycles. The molecular weight excluding hydrogens is 308 g/mol. The van der Waals surface area contributed by atoms with E-state index in [2.05, 4.69) is 36.0 Å². The van der Waals surface area contributed by atoms with Crippen molar-refractivity contribution in [1.29, 1.82) is 0 Å². The molecule has 128 valence electrons. The molecular formula is C16H22N6O2. The Kier molecular flexibility index (Phi) is 4.15. The number of aromatic nitrogens is 4. The van der Waals surface area contributed by atoms with Crippen LogP contribution in [-0.4, -0.2) is 57.9 Å². The van der Waals surface area contributed by atoms with Gasteiger partial charge in [0.2, 0.25) is 5.89 Å². The van der Waals surface area contributed by atoms with Crippen molar-refractivity contribution in [2.45, 2.75) is 32.9 Å². The predicted octanol–water partition coefficient (Wildman–Crippen LogP) is 1.26. The van der Waals surface area contributed by atoms with Gasteiger partial charge in [-0.2, -0.15) is 4.98 Å². The highest BCUT2D eigenvalue weighted by atomic mass is 16.5. The summed E-state index contributed by atoms with van der Waals surface area (Å²) in [5, 5.41) is 3.99. The van der Waals surface area contributed by atoms with Crippen LogP contribution in [0.15, 0.2) is 10.6 Å². The molecule has 2 aromatic rings. The molecule has 2 fully saturated rings. The van der Waals surface area contributed by atoms with Crippen LogP contribution in [-0.2, 0) is 11.3 Å². The highest BCUT2D eigenvalue weighted by Crippen LogP contribution is 2.34. The van der Waals surface area contributed by atoms with Crippen molar-refractivity contribution in [3.05, 3.63) is 29.3 Å². The van der Waals surface area contributed by atoms with E-state index in [0.29, 0.717) is 18.5 Å². The van der Waals surface area contributed by atoms with Gasteiger partial charge in [-0.1, -0.05) is 5.16 Å². The third-order valence-corrected chi connectivity index (χ3v) is 4.57. The Labute approximate surface area is 140 Å². The Bertz CT molecular complexity index is 712. The molecule has 0 radical (unpaired) electrons. The quantitative estimate of drug-likeness (QED) is 0.829. The molecule has 2 aliphatic heterocycles. The maximum atomic E-state index is 5.43. The number of likely N-dealkylation sites (tertiary alicyclic amines) is 1. The van der Waals surface area contributed by atoms with E-state index in [0.717, 1.165) is 62.4 Å². The van der Waals surface area contributed by atoms with E-state index in [1.807, 2.05) is 13.8 Å². The zero-order chi connectivity index (χ0) is 16.5. The van der Waals surface area contributed by atoms with Crippen LogP contribution in [0.4, 0.5) is 5.82 Å². The molecule has 0 spiro atoms. The van der Waals surface area contributed by atoms with Crippen LogP contribution < -0.4 is 4.90 Å². The van der Waals surface area contributed by atoms with Gasteiger partial charge in [0.25, 0.3) is 0 Å². The molecule has 4 rings (SSSR count). The normalized spacial score (nSPS) is 21.8. The smallest absolute Gasteiger partial charge is 0.223 e. The van der Waals surface area contributed by atoms with Crippen LogP contribution in [0, 0.1) is 13.8 Å². The van der Waals surface area contributed by atoms with E-state index in [1.54, 1.807) is 0 Å². The minimum atomic E-state index is 0.297. The lowest BCUT2D eigenvalue weighted by atomic mass is 9.99. The average molecular weight is 330 g/mol. The molecule has 1 unspecified atom stereocenters. The van der Waals surface area contributed by atoms with Gasteiger partial charge in [0.15, 0.2) is 5.82 Å². The molecule has 4 heterocycles. The molecule has 0 bridgehead atoms. The van der Waals surface area contributed by atoms with Gasteiger partial charge in [0.05, 0.1) is 31.5 Å². The minimum Gasteiger partial charge on any atom is -0.378 e. The SMILES string of the molecule is Cc1nc(C2CCN2Cc2noc(C)n2)cc(N2CCOCC2)n1. The van der Waals surface area contributed by atoms with E-state index in [1.165, 1.54) is 0 Å². The second-order valence-corrected chi connectivity index (χ2v) is 6.30. The summed E-state index contributed by atoms with van der Waals surface area (Å²) in [6.07, 6.45) is 1.09. The summed E-state index contributed by atoms with van der Waals surface area (Å²) in [6, 6.07) is 2.42. The maximum Gasteiger partial charge on any atom is 0.223 e. The summed E-state index contributed by atoms with van der Waals surface area (Å²) >= 11 is 0. The number of rotatable bonds is 4. The Balaban J connectivity index is 1.51. The third kappa shape index (κ3) is 3.11. The number of hydrogen-bond acceptors (Lipinski definition) is 8. The average Bonchev–Trinajstić information content (AvgIpc) is 2.97. The van der Waals surface area contributed by atoms with Crippen molar-refractivity contribution in [3.8, 4) is 0 Å². The lowest BCUT2D eigenvalue weighted by Crippen LogP contribution is -2.41. The van der Waals surface area contributed by atoms with Crippen molar-refractivity contribution in [3.63, 3.8) is 0 Å². The van der Waals surface area contributed by atoms with Crippen molar-refractivity contribution >= 4 is 5.82 Å². The third-order valence-electron chi connectivity index (χ3n) is 4.57. The van der Waals surface area contributed by atoms with Gasteiger partial charge in [-0.3, -0.25) is 4.90 Å². The number of nitrogens with zero attached hydrogens (tertiary/aromatic N) is 6. The van der Waals surface area contributed by atoms with E-state index in [9.17, 15) is 0 Å². The predicted molar refractivity (Wildman–Crippen MR) is 86.6 cm³/mol. The molecule has 8 nitrogen and oxygen atoms in total. The van der Waals surface area contributed by atoms with Crippen LogP contribution in [0.2, 0.25) is 0 Å². The van der Waals surface area contributed by atoms with Gasteiger partial charge in [-0.25, -0.2) is 9.97 Å². The van der Waals surface area contributed by atoms with Crippen molar-refractivity contribution in [2.24, 2.45) is 0 Å². The zero-order valence-corrected chi connectivity index (χ0v) is 14.1. The molecule has 0 amide bonds. The monoisotopic (exact) mass is 330 g/mol. The van der Waals surface area contributed by atoms with Crippen LogP contribution in [0.3, 0.4) is 0 Å². The van der Waals surface area contributed by atoms with Crippen molar-refractivity contribution in [1.82, 2.24) is 25.0 Å². The Morgan fingerprint density at radius 2 is 1.96 bits per heavy atom. The molecule has 0 aromatic carbocycles. The highest BCUT2D eigenvalue weighted by Gasteiger charge is 2.32.